The average molecular weight is 483 g/mol. The Balaban J connectivity index is 1.38. The fraction of sp³-hybridized carbons (Fsp3) is 0.250. The molecule has 4 aromatic rings. The van der Waals surface area contributed by atoms with E-state index in [4.69, 9.17) is 0 Å². The van der Waals surface area contributed by atoms with Crippen molar-refractivity contribution < 1.29 is 4.79 Å². The van der Waals surface area contributed by atoms with Crippen molar-refractivity contribution in [3.8, 4) is 5.69 Å². The van der Waals surface area contributed by atoms with Gasteiger partial charge in [0.15, 0.2) is 0 Å². The maximum Gasteiger partial charge on any atom is 0.318 e. The minimum Gasteiger partial charge on any atom is -0.354 e. The number of hydrogen-bond donors (Lipinski definition) is 3. The van der Waals surface area contributed by atoms with Crippen molar-refractivity contribution in [2.75, 3.05) is 18.4 Å². The number of amides is 2. The van der Waals surface area contributed by atoms with Gasteiger partial charge < -0.3 is 20.5 Å². The van der Waals surface area contributed by atoms with Crippen LogP contribution in [-0.2, 0) is 0 Å². The number of nitrogens with zero attached hydrogens (tertiary/aromatic N) is 3. The van der Waals surface area contributed by atoms with Gasteiger partial charge in [-0.15, -0.1) is 0 Å². The van der Waals surface area contributed by atoms with Crippen LogP contribution in [0.4, 0.5) is 16.2 Å². The number of rotatable bonds is 4. The van der Waals surface area contributed by atoms with Crippen molar-refractivity contribution in [1.29, 1.82) is 0 Å². The summed E-state index contributed by atoms with van der Waals surface area (Å²) in [5, 5.41) is 7.42. The van der Waals surface area contributed by atoms with Crippen LogP contribution in [0.1, 0.15) is 32.9 Å². The number of nitrogens with one attached hydrogen (secondary N) is 3. The monoisotopic (exact) mass is 482 g/mol. The molecule has 0 fully saturated rings. The van der Waals surface area contributed by atoms with Gasteiger partial charge in [0.2, 0.25) is 0 Å². The van der Waals surface area contributed by atoms with E-state index in [1.165, 1.54) is 0 Å². The molecule has 0 aliphatic carbocycles. The predicted molar refractivity (Wildman–Crippen MR) is 144 cm³/mol. The van der Waals surface area contributed by atoms with Crippen LogP contribution < -0.4 is 16.2 Å². The van der Waals surface area contributed by atoms with E-state index in [2.05, 4.69) is 32.7 Å². The van der Waals surface area contributed by atoms with E-state index in [1.807, 2.05) is 62.1 Å². The predicted octanol–water partition coefficient (Wildman–Crippen LogP) is 5.05. The summed E-state index contributed by atoms with van der Waals surface area (Å²) in [6.45, 7) is 7.16. The van der Waals surface area contributed by atoms with Crippen LogP contribution in [0.3, 0.4) is 0 Å². The number of benzene rings is 1. The van der Waals surface area contributed by atoms with Gasteiger partial charge in [0.25, 0.3) is 5.56 Å². The van der Waals surface area contributed by atoms with Crippen LogP contribution in [-0.4, -0.2) is 44.1 Å². The molecule has 8 heteroatoms. The molecule has 0 radical (unpaired) electrons. The molecule has 184 valence electrons. The van der Waals surface area contributed by atoms with E-state index < -0.39 is 0 Å². The Hall–Kier alpha value is -4.33. The number of carbonyl (C=O) groups is 1. The maximum atomic E-state index is 12.5. The lowest BCUT2D eigenvalue weighted by atomic mass is 10.0. The number of anilines is 2. The molecule has 0 spiro atoms. The second-order valence-electron chi connectivity index (χ2n) is 10.00. The first-order valence-corrected chi connectivity index (χ1v) is 12.1. The topological polar surface area (TPSA) is 95.1 Å². The average Bonchev–Trinajstić information content (AvgIpc) is 3.30. The first-order chi connectivity index (χ1) is 17.3. The van der Waals surface area contributed by atoms with E-state index in [-0.39, 0.29) is 17.1 Å². The number of para-hydroxylation sites is 1. The van der Waals surface area contributed by atoms with Gasteiger partial charge in [0.1, 0.15) is 5.65 Å². The maximum absolute atomic E-state index is 12.5. The minimum absolute atomic E-state index is 0.0422. The first-order valence-electron chi connectivity index (χ1n) is 12.1. The van der Waals surface area contributed by atoms with Crippen LogP contribution in [0, 0.1) is 0 Å². The summed E-state index contributed by atoms with van der Waals surface area (Å²) in [6.07, 6.45) is 6.42. The Morgan fingerprint density at radius 2 is 1.89 bits per heavy atom. The third-order valence-electron chi connectivity index (χ3n) is 6.08. The lowest BCUT2D eigenvalue weighted by Gasteiger charge is -2.30. The van der Waals surface area contributed by atoms with E-state index >= 15 is 0 Å². The molecule has 0 bridgehead atoms. The van der Waals surface area contributed by atoms with Crippen molar-refractivity contribution in [2.45, 2.75) is 32.7 Å². The van der Waals surface area contributed by atoms with Crippen LogP contribution in [0.15, 0.2) is 77.9 Å². The molecule has 0 atom stereocenters. The Morgan fingerprint density at radius 1 is 1.08 bits per heavy atom. The molecular weight excluding hydrogens is 452 g/mol. The van der Waals surface area contributed by atoms with E-state index in [0.29, 0.717) is 13.1 Å². The Kier molecular flexibility index (Phi) is 6.10. The normalized spacial score (nSPS) is 14.0. The summed E-state index contributed by atoms with van der Waals surface area (Å²) < 4.78 is 1.62. The molecule has 0 saturated carbocycles. The van der Waals surface area contributed by atoms with Gasteiger partial charge in [-0.25, -0.2) is 9.78 Å². The highest BCUT2D eigenvalue weighted by atomic mass is 16.2. The zero-order valence-electron chi connectivity index (χ0n) is 20.7. The number of H-pyrrole nitrogens is 1. The number of urea groups is 1. The number of aromatic nitrogens is 3. The molecule has 0 saturated heterocycles. The number of fused-ring (bicyclic) bond motifs is 1. The molecule has 36 heavy (non-hydrogen) atoms. The summed E-state index contributed by atoms with van der Waals surface area (Å²) in [4.78, 5) is 34.7. The van der Waals surface area contributed by atoms with Crippen molar-refractivity contribution in [2.24, 2.45) is 0 Å². The largest absolute Gasteiger partial charge is 0.354 e. The van der Waals surface area contributed by atoms with E-state index in [0.717, 1.165) is 45.8 Å². The van der Waals surface area contributed by atoms with Crippen LogP contribution in [0.25, 0.3) is 22.3 Å². The molecule has 1 aliphatic rings. The summed E-state index contributed by atoms with van der Waals surface area (Å²) in [5.41, 5.74) is 5.08. The zero-order chi connectivity index (χ0) is 25.3. The van der Waals surface area contributed by atoms with Gasteiger partial charge in [0.05, 0.1) is 11.4 Å². The van der Waals surface area contributed by atoms with Gasteiger partial charge >= 0.3 is 6.03 Å². The van der Waals surface area contributed by atoms with Crippen LogP contribution in [0.2, 0.25) is 0 Å². The molecule has 1 aromatic carbocycles. The van der Waals surface area contributed by atoms with E-state index in [1.54, 1.807) is 29.1 Å². The van der Waals surface area contributed by atoms with Crippen molar-refractivity contribution >= 4 is 34.0 Å². The van der Waals surface area contributed by atoms with Gasteiger partial charge in [-0.05, 0) is 63.1 Å². The van der Waals surface area contributed by atoms with Gasteiger partial charge in [-0.3, -0.25) is 9.36 Å². The highest BCUT2D eigenvalue weighted by molar-refractivity contribution is 5.94. The summed E-state index contributed by atoms with van der Waals surface area (Å²) in [5.74, 6) is 0. The highest BCUT2D eigenvalue weighted by Gasteiger charge is 2.22. The Bertz CT molecular complexity index is 1490. The number of carbonyl (C=O) groups excluding carboxylic acids is 1. The third kappa shape index (κ3) is 5.02. The second-order valence-corrected chi connectivity index (χ2v) is 10.00. The smallest absolute Gasteiger partial charge is 0.318 e. The zero-order valence-corrected chi connectivity index (χ0v) is 20.7. The quantitative estimate of drug-likeness (QED) is 0.379. The van der Waals surface area contributed by atoms with Gasteiger partial charge in [-0.2, -0.15) is 0 Å². The minimum atomic E-state index is -0.262. The highest BCUT2D eigenvalue weighted by Crippen LogP contribution is 2.30. The number of hydrogen-bond acceptors (Lipinski definition) is 4. The second kappa shape index (κ2) is 9.37. The molecule has 5 rings (SSSR count). The molecule has 3 aromatic heterocycles. The van der Waals surface area contributed by atoms with Crippen molar-refractivity contribution in [3.05, 3.63) is 89.1 Å². The van der Waals surface area contributed by atoms with Crippen LogP contribution >= 0.6 is 0 Å². The fourth-order valence-corrected chi connectivity index (χ4v) is 4.31. The summed E-state index contributed by atoms with van der Waals surface area (Å²) in [7, 11) is 0. The molecule has 4 heterocycles. The molecule has 2 amide bonds. The first kappa shape index (κ1) is 23.4. The van der Waals surface area contributed by atoms with Crippen molar-refractivity contribution in [1.82, 2.24) is 24.8 Å². The number of pyridine rings is 2. The molecule has 1 aliphatic heterocycles. The molecular formula is C28H30N6O2. The summed E-state index contributed by atoms with van der Waals surface area (Å²) >= 11 is 0. The summed E-state index contributed by atoms with van der Waals surface area (Å²) in [6, 6.07) is 16.9. The van der Waals surface area contributed by atoms with E-state index in [9.17, 15) is 9.59 Å². The Morgan fingerprint density at radius 3 is 2.61 bits per heavy atom. The standard InChI is InChI=1S/C28H30N6O2/c1-28(2,3)32-27(36)33-15-12-19(13-16-33)24-17-22-23(11-14-29-26(22)31-24)30-20-9-10-25(35)34(18-20)21-7-5-4-6-8-21/h4-12,14,17-18H,13,15-16H2,1-3H3,(H,32,36)(H2,29,30,31). The lowest BCUT2D eigenvalue weighted by molar-refractivity contribution is 0.193. The fourth-order valence-electron chi connectivity index (χ4n) is 4.31. The van der Waals surface area contributed by atoms with Crippen molar-refractivity contribution in [3.63, 3.8) is 0 Å². The lowest BCUT2D eigenvalue weighted by Crippen LogP contribution is -2.49. The number of aromatic amines is 1. The third-order valence-corrected chi connectivity index (χ3v) is 6.08. The molecule has 3 N–H and O–H groups in total. The molecule has 0 unspecified atom stereocenters. The SMILES string of the molecule is CC(C)(C)NC(=O)N1CC=C(c2cc3c(Nc4ccc(=O)n(-c5ccccc5)c4)ccnc3[nH]2)CC1. The molecule has 8 nitrogen and oxygen atoms in total. The van der Waals surface area contributed by atoms with Gasteiger partial charge in [0, 0.05) is 53.9 Å². The van der Waals surface area contributed by atoms with Crippen LogP contribution in [0.5, 0.6) is 0 Å². The Labute approximate surface area is 209 Å². The van der Waals surface area contributed by atoms with Gasteiger partial charge in [-0.1, -0.05) is 24.3 Å².